The van der Waals surface area contributed by atoms with Crippen molar-refractivity contribution in [2.75, 3.05) is 0 Å². The molecule has 0 saturated heterocycles. The first-order valence-electron chi connectivity index (χ1n) is 5.99. The predicted molar refractivity (Wildman–Crippen MR) is 60.0 cm³/mol. The van der Waals surface area contributed by atoms with Gasteiger partial charge in [-0.05, 0) is 36.5 Å². The zero-order valence-corrected chi connectivity index (χ0v) is 9.78. The Hall–Kier alpha value is -1.23. The number of hydrogen-bond acceptors (Lipinski definition) is 2. The number of ether oxygens (including phenoxy) is 1. The highest BCUT2D eigenvalue weighted by molar-refractivity contribution is 5.29. The summed E-state index contributed by atoms with van der Waals surface area (Å²) in [7, 11) is 0. The molecular weight excluding hydrogens is 245 g/mol. The molecule has 1 aliphatic carbocycles. The van der Waals surface area contributed by atoms with Gasteiger partial charge in [-0.1, -0.05) is 25.0 Å². The van der Waals surface area contributed by atoms with Crippen molar-refractivity contribution in [3.63, 3.8) is 0 Å². The Labute approximate surface area is 103 Å². The zero-order valence-electron chi connectivity index (χ0n) is 9.78. The van der Waals surface area contributed by atoms with Crippen LogP contribution in [0.1, 0.15) is 37.4 Å². The minimum atomic E-state index is -4.68. The molecule has 0 heterocycles. The normalized spacial score (nSPS) is 18.9. The summed E-state index contributed by atoms with van der Waals surface area (Å²) in [6.07, 6.45) is -1.10. The van der Waals surface area contributed by atoms with E-state index in [1.807, 2.05) is 0 Å². The van der Waals surface area contributed by atoms with Crippen LogP contribution >= 0.6 is 0 Å². The van der Waals surface area contributed by atoms with Crippen LogP contribution < -0.4 is 4.74 Å². The van der Waals surface area contributed by atoms with E-state index in [-0.39, 0.29) is 11.7 Å². The van der Waals surface area contributed by atoms with Gasteiger partial charge < -0.3 is 9.84 Å². The Morgan fingerprint density at radius 2 is 1.67 bits per heavy atom. The van der Waals surface area contributed by atoms with Gasteiger partial charge >= 0.3 is 6.36 Å². The average molecular weight is 260 g/mol. The number of hydrogen-bond donors (Lipinski definition) is 1. The second kappa shape index (κ2) is 5.18. The molecule has 0 bridgehead atoms. The third-order valence-corrected chi connectivity index (χ3v) is 3.30. The maximum atomic E-state index is 12.0. The van der Waals surface area contributed by atoms with Crippen LogP contribution in [0.15, 0.2) is 24.3 Å². The van der Waals surface area contributed by atoms with E-state index in [1.165, 1.54) is 24.3 Å². The second-order valence-electron chi connectivity index (χ2n) is 4.61. The van der Waals surface area contributed by atoms with E-state index < -0.39 is 12.5 Å². The first-order valence-corrected chi connectivity index (χ1v) is 5.99. The largest absolute Gasteiger partial charge is 0.573 e. The van der Waals surface area contributed by atoms with Gasteiger partial charge in [-0.25, -0.2) is 0 Å². The quantitative estimate of drug-likeness (QED) is 0.895. The highest BCUT2D eigenvalue weighted by Crippen LogP contribution is 2.36. The summed E-state index contributed by atoms with van der Waals surface area (Å²) >= 11 is 0. The number of benzene rings is 1. The summed E-state index contributed by atoms with van der Waals surface area (Å²) in [5.74, 6) is -0.0377. The van der Waals surface area contributed by atoms with E-state index >= 15 is 0 Å². The van der Waals surface area contributed by atoms with E-state index in [9.17, 15) is 18.3 Å². The van der Waals surface area contributed by atoms with Crippen molar-refractivity contribution in [1.82, 2.24) is 0 Å². The molecule has 5 heteroatoms. The molecule has 2 rings (SSSR count). The van der Waals surface area contributed by atoms with E-state index in [0.29, 0.717) is 5.56 Å². The van der Waals surface area contributed by atoms with Crippen molar-refractivity contribution >= 4 is 0 Å². The fraction of sp³-hybridized carbons (Fsp3) is 0.538. The Bertz CT molecular complexity index is 380. The van der Waals surface area contributed by atoms with Crippen LogP contribution in [0.2, 0.25) is 0 Å². The van der Waals surface area contributed by atoms with Crippen LogP contribution in [-0.2, 0) is 0 Å². The second-order valence-corrected chi connectivity index (χ2v) is 4.61. The number of aliphatic hydroxyl groups is 1. The third-order valence-electron chi connectivity index (χ3n) is 3.30. The summed E-state index contributed by atoms with van der Waals surface area (Å²) in [5, 5.41) is 10.1. The van der Waals surface area contributed by atoms with Gasteiger partial charge in [0.2, 0.25) is 0 Å². The number of aliphatic hydroxyl groups excluding tert-OH is 1. The molecule has 0 radical (unpaired) electrons. The summed E-state index contributed by atoms with van der Waals surface area (Å²) in [6.45, 7) is 0. The summed E-state index contributed by atoms with van der Waals surface area (Å²) in [6, 6.07) is 5.45. The zero-order chi connectivity index (χ0) is 13.2. The summed E-state index contributed by atoms with van der Waals surface area (Å²) in [4.78, 5) is 0. The Kier molecular flexibility index (Phi) is 3.80. The molecule has 1 saturated carbocycles. The molecule has 1 aromatic rings. The average Bonchev–Trinajstić information content (AvgIpc) is 2.80. The molecule has 2 nitrogen and oxygen atoms in total. The lowest BCUT2D eigenvalue weighted by Crippen LogP contribution is -2.17. The number of halogens is 3. The van der Waals surface area contributed by atoms with Gasteiger partial charge in [0.25, 0.3) is 0 Å². The van der Waals surface area contributed by atoms with E-state index in [1.54, 1.807) is 0 Å². The molecule has 0 amide bonds. The summed E-state index contributed by atoms with van der Waals surface area (Å²) in [5.41, 5.74) is 0.649. The Morgan fingerprint density at radius 1 is 1.11 bits per heavy atom. The lowest BCUT2D eigenvalue weighted by atomic mass is 9.94. The lowest BCUT2D eigenvalue weighted by Gasteiger charge is -2.18. The smallest absolute Gasteiger partial charge is 0.406 e. The van der Waals surface area contributed by atoms with E-state index in [2.05, 4.69) is 4.74 Å². The number of rotatable bonds is 3. The molecule has 1 N–H and O–H groups in total. The first-order chi connectivity index (χ1) is 8.46. The van der Waals surface area contributed by atoms with Crippen molar-refractivity contribution in [3.8, 4) is 5.75 Å². The minimum Gasteiger partial charge on any atom is -0.406 e. The molecule has 100 valence electrons. The van der Waals surface area contributed by atoms with Gasteiger partial charge in [-0.2, -0.15) is 0 Å². The number of alkyl halides is 3. The molecule has 1 atom stereocenters. The van der Waals surface area contributed by atoms with E-state index in [4.69, 9.17) is 0 Å². The third kappa shape index (κ3) is 3.38. The van der Waals surface area contributed by atoms with Crippen LogP contribution in [0, 0.1) is 5.92 Å². The highest BCUT2D eigenvalue weighted by Gasteiger charge is 2.31. The first kappa shape index (κ1) is 13.2. The standard InChI is InChI=1S/C13H15F3O2/c14-13(15,16)18-11-7-5-10(6-8-11)12(17)9-3-1-2-4-9/h5-9,12,17H,1-4H2. The van der Waals surface area contributed by atoms with Gasteiger partial charge in [-0.3, -0.25) is 0 Å². The molecule has 0 aromatic heterocycles. The van der Waals surface area contributed by atoms with Gasteiger partial charge in [-0.15, -0.1) is 13.2 Å². The predicted octanol–water partition coefficient (Wildman–Crippen LogP) is 3.81. The molecule has 1 aliphatic rings. The highest BCUT2D eigenvalue weighted by atomic mass is 19.4. The van der Waals surface area contributed by atoms with Crippen LogP contribution in [0.4, 0.5) is 13.2 Å². The van der Waals surface area contributed by atoms with Gasteiger partial charge in [0.1, 0.15) is 5.75 Å². The van der Waals surface area contributed by atoms with Crippen molar-refractivity contribution in [2.45, 2.75) is 38.1 Å². The van der Waals surface area contributed by atoms with Crippen LogP contribution in [0.3, 0.4) is 0 Å². The maximum absolute atomic E-state index is 12.0. The molecular formula is C13H15F3O2. The van der Waals surface area contributed by atoms with Crippen LogP contribution in [-0.4, -0.2) is 11.5 Å². The van der Waals surface area contributed by atoms with E-state index in [0.717, 1.165) is 25.7 Å². The van der Waals surface area contributed by atoms with Gasteiger partial charge in [0.15, 0.2) is 0 Å². The summed E-state index contributed by atoms with van der Waals surface area (Å²) < 4.78 is 39.7. The fourth-order valence-electron chi connectivity index (χ4n) is 2.41. The van der Waals surface area contributed by atoms with Crippen LogP contribution in [0.25, 0.3) is 0 Å². The Morgan fingerprint density at radius 3 is 2.17 bits per heavy atom. The minimum absolute atomic E-state index is 0.222. The Balaban J connectivity index is 2.02. The molecule has 1 fully saturated rings. The van der Waals surface area contributed by atoms with Gasteiger partial charge in [0, 0.05) is 0 Å². The SMILES string of the molecule is OC(c1ccc(OC(F)(F)F)cc1)C1CCCC1. The lowest BCUT2D eigenvalue weighted by molar-refractivity contribution is -0.274. The fourth-order valence-corrected chi connectivity index (χ4v) is 2.41. The van der Waals surface area contributed by atoms with Crippen molar-refractivity contribution in [2.24, 2.45) is 5.92 Å². The molecule has 0 aliphatic heterocycles. The molecule has 0 spiro atoms. The topological polar surface area (TPSA) is 29.5 Å². The van der Waals surface area contributed by atoms with Crippen molar-refractivity contribution in [3.05, 3.63) is 29.8 Å². The molecule has 1 aromatic carbocycles. The van der Waals surface area contributed by atoms with Crippen molar-refractivity contribution in [1.29, 1.82) is 0 Å². The van der Waals surface area contributed by atoms with Gasteiger partial charge in [0.05, 0.1) is 6.10 Å². The van der Waals surface area contributed by atoms with Crippen LogP contribution in [0.5, 0.6) is 5.75 Å². The maximum Gasteiger partial charge on any atom is 0.573 e. The monoisotopic (exact) mass is 260 g/mol. The van der Waals surface area contributed by atoms with Crippen molar-refractivity contribution < 1.29 is 23.0 Å². The molecule has 1 unspecified atom stereocenters. The molecule has 18 heavy (non-hydrogen) atoms.